The number of amides is 1. The molecule has 0 atom stereocenters. The number of hydrogen-bond donors (Lipinski definition) is 2. The zero-order valence-corrected chi connectivity index (χ0v) is 10.1. The van der Waals surface area contributed by atoms with Crippen molar-refractivity contribution in [3.05, 3.63) is 23.8 Å². The van der Waals surface area contributed by atoms with Crippen LogP contribution in [0.2, 0.25) is 0 Å². The molecule has 2 aliphatic heterocycles. The van der Waals surface area contributed by atoms with Crippen LogP contribution >= 0.6 is 0 Å². The molecule has 3 rings (SSSR count). The second-order valence-corrected chi connectivity index (χ2v) is 4.57. The lowest BCUT2D eigenvalue weighted by molar-refractivity contribution is 0.0929. The molecular formula is C13H16N2O3. The van der Waals surface area contributed by atoms with Gasteiger partial charge in [-0.25, -0.2) is 0 Å². The van der Waals surface area contributed by atoms with Gasteiger partial charge in [-0.3, -0.25) is 4.79 Å². The smallest absolute Gasteiger partial charge is 0.251 e. The second kappa shape index (κ2) is 4.86. The monoisotopic (exact) mass is 248 g/mol. The molecule has 2 N–H and O–H groups in total. The van der Waals surface area contributed by atoms with Crippen LogP contribution < -0.4 is 20.1 Å². The predicted octanol–water partition coefficient (Wildman–Crippen LogP) is 0.897. The van der Waals surface area contributed by atoms with Gasteiger partial charge >= 0.3 is 0 Å². The van der Waals surface area contributed by atoms with Crippen LogP contribution in [0, 0.1) is 0 Å². The fourth-order valence-electron chi connectivity index (χ4n) is 2.27. The van der Waals surface area contributed by atoms with Gasteiger partial charge in [-0.05, 0) is 44.1 Å². The lowest BCUT2D eigenvalue weighted by Crippen LogP contribution is -2.42. The second-order valence-electron chi connectivity index (χ2n) is 4.57. The van der Waals surface area contributed by atoms with Gasteiger partial charge < -0.3 is 20.1 Å². The van der Waals surface area contributed by atoms with Crippen molar-refractivity contribution in [1.82, 2.24) is 10.6 Å². The number of nitrogens with one attached hydrogen (secondary N) is 2. The Kier molecular flexibility index (Phi) is 3.06. The lowest BCUT2D eigenvalue weighted by atomic mass is 10.1. The van der Waals surface area contributed by atoms with Crippen molar-refractivity contribution in [3.63, 3.8) is 0 Å². The lowest BCUT2D eigenvalue weighted by Gasteiger charge is -2.23. The van der Waals surface area contributed by atoms with Crippen molar-refractivity contribution in [2.24, 2.45) is 0 Å². The standard InChI is InChI=1S/C13H16N2O3/c16-13(15-10-3-5-14-6-4-10)9-1-2-11-12(7-9)18-8-17-11/h1-2,7,10,14H,3-6,8H2,(H,15,16). The van der Waals surface area contributed by atoms with Gasteiger partial charge in [0.25, 0.3) is 5.91 Å². The van der Waals surface area contributed by atoms with E-state index < -0.39 is 0 Å². The van der Waals surface area contributed by atoms with E-state index in [0.717, 1.165) is 25.9 Å². The molecule has 5 nitrogen and oxygen atoms in total. The molecule has 0 spiro atoms. The SMILES string of the molecule is O=C(NC1CCNCC1)c1ccc2c(c1)OCO2. The van der Waals surface area contributed by atoms with E-state index in [9.17, 15) is 4.79 Å². The molecule has 18 heavy (non-hydrogen) atoms. The summed E-state index contributed by atoms with van der Waals surface area (Å²) in [5.74, 6) is 1.31. The predicted molar refractivity (Wildman–Crippen MR) is 65.9 cm³/mol. The van der Waals surface area contributed by atoms with Gasteiger partial charge in [-0.2, -0.15) is 0 Å². The maximum absolute atomic E-state index is 12.1. The first-order chi connectivity index (χ1) is 8.83. The van der Waals surface area contributed by atoms with Gasteiger partial charge in [0, 0.05) is 11.6 Å². The summed E-state index contributed by atoms with van der Waals surface area (Å²) >= 11 is 0. The summed E-state index contributed by atoms with van der Waals surface area (Å²) in [6.07, 6.45) is 1.96. The van der Waals surface area contributed by atoms with Crippen molar-refractivity contribution in [2.45, 2.75) is 18.9 Å². The van der Waals surface area contributed by atoms with E-state index in [1.165, 1.54) is 0 Å². The first-order valence-electron chi connectivity index (χ1n) is 6.24. The third kappa shape index (κ3) is 2.26. The Morgan fingerprint density at radius 3 is 2.83 bits per heavy atom. The Bertz CT molecular complexity index is 456. The topological polar surface area (TPSA) is 59.6 Å². The number of piperidine rings is 1. The minimum absolute atomic E-state index is 0.0415. The van der Waals surface area contributed by atoms with Crippen molar-refractivity contribution in [3.8, 4) is 11.5 Å². The Morgan fingerprint density at radius 1 is 1.22 bits per heavy atom. The number of carbonyl (C=O) groups excluding carboxylic acids is 1. The van der Waals surface area contributed by atoms with Crippen molar-refractivity contribution in [1.29, 1.82) is 0 Å². The first-order valence-corrected chi connectivity index (χ1v) is 6.24. The van der Waals surface area contributed by atoms with Gasteiger partial charge in [0.15, 0.2) is 11.5 Å². The molecule has 1 amide bonds. The molecule has 1 fully saturated rings. The Hall–Kier alpha value is -1.75. The molecular weight excluding hydrogens is 232 g/mol. The molecule has 0 bridgehead atoms. The summed E-state index contributed by atoms with van der Waals surface area (Å²) in [7, 11) is 0. The minimum Gasteiger partial charge on any atom is -0.454 e. The average molecular weight is 248 g/mol. The summed E-state index contributed by atoms with van der Waals surface area (Å²) < 4.78 is 10.5. The fourth-order valence-corrected chi connectivity index (χ4v) is 2.27. The molecule has 1 saturated heterocycles. The van der Waals surface area contributed by atoms with E-state index >= 15 is 0 Å². The molecule has 1 aromatic carbocycles. The third-order valence-electron chi connectivity index (χ3n) is 3.31. The van der Waals surface area contributed by atoms with Gasteiger partial charge in [0.05, 0.1) is 0 Å². The van der Waals surface area contributed by atoms with E-state index in [4.69, 9.17) is 9.47 Å². The number of ether oxygens (including phenoxy) is 2. The normalized spacial score (nSPS) is 18.7. The van der Waals surface area contributed by atoms with Crippen LogP contribution in [0.15, 0.2) is 18.2 Å². The van der Waals surface area contributed by atoms with E-state index in [0.29, 0.717) is 17.1 Å². The number of benzene rings is 1. The van der Waals surface area contributed by atoms with E-state index in [1.54, 1.807) is 18.2 Å². The van der Waals surface area contributed by atoms with E-state index in [1.807, 2.05) is 0 Å². The minimum atomic E-state index is -0.0415. The van der Waals surface area contributed by atoms with Crippen molar-refractivity contribution >= 4 is 5.91 Å². The molecule has 0 aliphatic carbocycles. The van der Waals surface area contributed by atoms with Gasteiger partial charge in [-0.15, -0.1) is 0 Å². The molecule has 0 unspecified atom stereocenters. The summed E-state index contributed by atoms with van der Waals surface area (Å²) in [5, 5.41) is 6.32. The molecule has 0 aromatic heterocycles. The third-order valence-corrected chi connectivity index (χ3v) is 3.31. The Morgan fingerprint density at radius 2 is 2.00 bits per heavy atom. The Balaban J connectivity index is 1.68. The molecule has 1 aromatic rings. The van der Waals surface area contributed by atoms with E-state index in [-0.39, 0.29) is 18.7 Å². The van der Waals surface area contributed by atoms with E-state index in [2.05, 4.69) is 10.6 Å². The summed E-state index contributed by atoms with van der Waals surface area (Å²) in [4.78, 5) is 12.1. The highest BCUT2D eigenvalue weighted by molar-refractivity contribution is 5.95. The van der Waals surface area contributed by atoms with Crippen LogP contribution in [0.4, 0.5) is 0 Å². The molecule has 96 valence electrons. The zero-order chi connectivity index (χ0) is 12.4. The molecule has 2 heterocycles. The molecule has 0 radical (unpaired) electrons. The molecule has 0 saturated carbocycles. The average Bonchev–Trinajstić information content (AvgIpc) is 2.87. The molecule has 5 heteroatoms. The fraction of sp³-hybridized carbons (Fsp3) is 0.462. The number of carbonyl (C=O) groups is 1. The van der Waals surface area contributed by atoms with Crippen LogP contribution in [0.5, 0.6) is 11.5 Å². The maximum atomic E-state index is 12.1. The first kappa shape index (κ1) is 11.3. The van der Waals surface area contributed by atoms with Crippen molar-refractivity contribution in [2.75, 3.05) is 19.9 Å². The Labute approximate surface area is 105 Å². The van der Waals surface area contributed by atoms with Crippen LogP contribution in [0.25, 0.3) is 0 Å². The summed E-state index contributed by atoms with van der Waals surface area (Å²) in [6.45, 7) is 2.16. The quantitative estimate of drug-likeness (QED) is 0.816. The van der Waals surface area contributed by atoms with Gasteiger partial charge in [0.1, 0.15) is 0 Å². The highest BCUT2D eigenvalue weighted by atomic mass is 16.7. The number of hydrogen-bond acceptors (Lipinski definition) is 4. The highest BCUT2D eigenvalue weighted by Crippen LogP contribution is 2.32. The number of rotatable bonds is 2. The van der Waals surface area contributed by atoms with Gasteiger partial charge in [-0.1, -0.05) is 0 Å². The molecule has 2 aliphatic rings. The largest absolute Gasteiger partial charge is 0.454 e. The van der Waals surface area contributed by atoms with Gasteiger partial charge in [0.2, 0.25) is 6.79 Å². The highest BCUT2D eigenvalue weighted by Gasteiger charge is 2.19. The zero-order valence-electron chi connectivity index (χ0n) is 10.1. The maximum Gasteiger partial charge on any atom is 0.251 e. The summed E-state index contributed by atoms with van der Waals surface area (Å²) in [5.41, 5.74) is 0.623. The van der Waals surface area contributed by atoms with Crippen LogP contribution in [-0.2, 0) is 0 Å². The van der Waals surface area contributed by atoms with Crippen molar-refractivity contribution < 1.29 is 14.3 Å². The van der Waals surface area contributed by atoms with Crippen LogP contribution in [-0.4, -0.2) is 31.8 Å². The summed E-state index contributed by atoms with van der Waals surface area (Å²) in [6, 6.07) is 5.55. The van der Waals surface area contributed by atoms with Crippen LogP contribution in [0.1, 0.15) is 23.2 Å². The number of fused-ring (bicyclic) bond motifs is 1. The van der Waals surface area contributed by atoms with Crippen LogP contribution in [0.3, 0.4) is 0 Å².